The van der Waals surface area contributed by atoms with E-state index in [2.05, 4.69) is 18.1 Å². The minimum atomic E-state index is -0.287. The van der Waals surface area contributed by atoms with Gasteiger partial charge in [0.15, 0.2) is 0 Å². The Bertz CT molecular complexity index is 54.4. The van der Waals surface area contributed by atoms with Gasteiger partial charge in [0.2, 0.25) is 0 Å². The lowest BCUT2D eigenvalue weighted by atomic mass is 11.9. The third-order valence-electron chi connectivity index (χ3n) is 0. The lowest BCUT2D eigenvalue weighted by Gasteiger charge is -1.47. The highest BCUT2D eigenvalue weighted by atomic mass is 32.4. The fourth-order valence-corrected chi connectivity index (χ4v) is 0. The second-order valence-electron chi connectivity index (χ2n) is 0.628. The molecule has 0 aromatic carbocycles. The van der Waals surface area contributed by atoms with Crippen molar-refractivity contribution >= 4 is 24.4 Å². The maximum absolute atomic E-state index is 4.57. The highest BCUT2D eigenvalue weighted by Gasteiger charge is 1.36. The molecule has 0 aliphatic heterocycles. The molecule has 0 saturated heterocycles. The van der Waals surface area contributed by atoms with Crippen LogP contribution in [0.3, 0.4) is 0 Å². The van der Waals surface area contributed by atoms with Crippen LogP contribution in [0.5, 0.6) is 0 Å². The van der Waals surface area contributed by atoms with Crippen molar-refractivity contribution < 1.29 is 0 Å². The van der Waals surface area contributed by atoms with Crippen molar-refractivity contribution in [3.05, 3.63) is 0 Å². The highest BCUT2D eigenvalue weighted by molar-refractivity contribution is 8.03. The van der Waals surface area contributed by atoms with Crippen LogP contribution in [0.25, 0.3) is 0 Å². The maximum Gasteiger partial charge on any atom is -0.0166 e. The maximum atomic E-state index is 4.57. The largest absolute Gasteiger partial charge is 0.0691 e. The summed E-state index contributed by atoms with van der Waals surface area (Å²) >= 11 is 4.57. The lowest BCUT2D eigenvalue weighted by molar-refractivity contribution is 2.51. The van der Waals surface area contributed by atoms with E-state index >= 15 is 0 Å². The summed E-state index contributed by atoms with van der Waals surface area (Å²) in [6.45, 7) is 1.94. The molecule has 0 spiro atoms. The van der Waals surface area contributed by atoms with Gasteiger partial charge in [-0.25, -0.2) is 0 Å². The number of hydrogen-bond acceptors (Lipinski definition) is 1. The smallest absolute Gasteiger partial charge is 0.0166 e. The molecule has 1 atom stereocenters. The van der Waals surface area contributed by atoms with Crippen LogP contribution < -0.4 is 0 Å². The Hall–Kier alpha value is 0.390. The molecule has 0 fully saturated rings. The molecule has 0 saturated carbocycles. The summed E-state index contributed by atoms with van der Waals surface area (Å²) < 4.78 is 0. The Morgan fingerprint density at radius 3 is 2.00 bits per heavy atom. The molecule has 0 aliphatic carbocycles. The van der Waals surface area contributed by atoms with Crippen LogP contribution in [0, 0.1) is 0 Å². The van der Waals surface area contributed by atoms with Crippen molar-refractivity contribution in [2.75, 3.05) is 6.66 Å². The van der Waals surface area contributed by atoms with Gasteiger partial charge in [-0.15, -0.1) is 0 Å². The zero-order valence-corrected chi connectivity index (χ0v) is 4.27. The van der Waals surface area contributed by atoms with Crippen molar-refractivity contribution in [2.24, 2.45) is 0 Å². The molecule has 0 bridgehead atoms. The van der Waals surface area contributed by atoms with E-state index in [4.69, 9.17) is 0 Å². The van der Waals surface area contributed by atoms with E-state index in [0.717, 1.165) is 0 Å². The van der Waals surface area contributed by atoms with Crippen LogP contribution in [0.15, 0.2) is 0 Å². The molecular formula is C2H5PS. The van der Waals surface area contributed by atoms with Gasteiger partial charge in [0.05, 0.1) is 0 Å². The molecule has 1 unspecified atom stereocenters. The Morgan fingerprint density at radius 1 is 2.00 bits per heavy atom. The summed E-state index contributed by atoms with van der Waals surface area (Å²) in [5, 5.41) is 0. The Morgan fingerprint density at radius 2 is 2.00 bits per heavy atom. The van der Waals surface area contributed by atoms with Gasteiger partial charge in [-0.3, -0.25) is 0 Å². The SMILES string of the molecule is C=P(C)=S. The second kappa shape index (κ2) is 1.68. The average Bonchev–Trinajstić information content (AvgIpc) is 0.811. The molecule has 0 aromatic rings. The monoisotopic (exact) mass is 92.0 g/mol. The summed E-state index contributed by atoms with van der Waals surface area (Å²) in [5.74, 6) is 0. The molecule has 0 heterocycles. The molecule has 0 amide bonds. The molecule has 0 aliphatic rings. The first-order valence-electron chi connectivity index (χ1n) is 0.946. The van der Waals surface area contributed by atoms with E-state index in [-0.39, 0.29) is 6.32 Å². The molecule has 0 radical (unpaired) electrons. The summed E-state index contributed by atoms with van der Waals surface area (Å²) in [6, 6.07) is 0. The normalized spacial score (nSPS) is 10.8. The summed E-state index contributed by atoms with van der Waals surface area (Å²) in [6.07, 6.45) is 3.23. The minimum absolute atomic E-state index is 0.287. The summed E-state index contributed by atoms with van der Waals surface area (Å²) in [4.78, 5) is 0. The fraction of sp³-hybridized carbons (Fsp3) is 0.500. The summed E-state index contributed by atoms with van der Waals surface area (Å²) in [5.41, 5.74) is 0. The highest BCUT2D eigenvalue weighted by Crippen LogP contribution is 1.85. The Kier molecular flexibility index (Phi) is 1.85. The van der Waals surface area contributed by atoms with Gasteiger partial charge >= 0.3 is 0 Å². The van der Waals surface area contributed by atoms with E-state index in [0.29, 0.717) is 0 Å². The van der Waals surface area contributed by atoms with Crippen molar-refractivity contribution in [3.63, 3.8) is 0 Å². The quantitative estimate of drug-likeness (QED) is 0.401. The van der Waals surface area contributed by atoms with Gasteiger partial charge in [-0.1, -0.05) is 24.4 Å². The molecule has 4 heavy (non-hydrogen) atoms. The van der Waals surface area contributed by atoms with Crippen LogP contribution in [0.4, 0.5) is 0 Å². The van der Waals surface area contributed by atoms with Crippen LogP contribution in [0.2, 0.25) is 0 Å². The Labute approximate surface area is 31.9 Å². The van der Waals surface area contributed by atoms with Crippen molar-refractivity contribution in [2.45, 2.75) is 0 Å². The van der Waals surface area contributed by atoms with Gasteiger partial charge in [0.25, 0.3) is 0 Å². The van der Waals surface area contributed by atoms with Crippen LogP contribution in [-0.4, -0.2) is 13.0 Å². The van der Waals surface area contributed by atoms with Crippen LogP contribution in [-0.2, 0) is 11.8 Å². The first-order valence-corrected chi connectivity index (χ1v) is 3.93. The van der Waals surface area contributed by atoms with Gasteiger partial charge < -0.3 is 0 Å². The predicted octanol–water partition coefficient (Wildman–Crippen LogP) is 0.992. The van der Waals surface area contributed by atoms with E-state index in [1.54, 1.807) is 0 Å². The third-order valence-corrected chi connectivity index (χ3v) is 0. The van der Waals surface area contributed by atoms with Crippen molar-refractivity contribution in [1.82, 2.24) is 0 Å². The molecule has 0 N–H and O–H groups in total. The molecule has 2 heteroatoms. The second-order valence-corrected chi connectivity index (χ2v) is 3.75. The van der Waals surface area contributed by atoms with Crippen LogP contribution in [0.1, 0.15) is 0 Å². The van der Waals surface area contributed by atoms with E-state index in [1.165, 1.54) is 0 Å². The lowest BCUT2D eigenvalue weighted by Crippen LogP contribution is -1.17. The van der Waals surface area contributed by atoms with E-state index < -0.39 is 0 Å². The molecule has 24 valence electrons. The number of rotatable bonds is 0. The summed E-state index contributed by atoms with van der Waals surface area (Å²) in [7, 11) is 0. The number of hydrogen-bond donors (Lipinski definition) is 0. The first kappa shape index (κ1) is 4.39. The Balaban J connectivity index is 3.51. The van der Waals surface area contributed by atoms with Crippen LogP contribution >= 0.6 is 6.32 Å². The molecule has 0 rings (SSSR count). The molecular weight excluding hydrogens is 87.1 g/mol. The molecule has 0 nitrogen and oxygen atoms in total. The first-order chi connectivity index (χ1) is 1.73. The standard InChI is InChI=1S/C2H5PS/c1-3(2)4/h1H2,2H3. The fourth-order valence-electron chi connectivity index (χ4n) is 0. The predicted molar refractivity (Wildman–Crippen MR) is 27.3 cm³/mol. The average molecular weight is 92.1 g/mol. The van der Waals surface area contributed by atoms with E-state index in [9.17, 15) is 0 Å². The van der Waals surface area contributed by atoms with Gasteiger partial charge in [0.1, 0.15) is 0 Å². The van der Waals surface area contributed by atoms with Gasteiger partial charge in [0, 0.05) is 0 Å². The van der Waals surface area contributed by atoms with Gasteiger partial charge in [-0.05, 0) is 6.66 Å². The van der Waals surface area contributed by atoms with Crippen molar-refractivity contribution in [3.8, 4) is 0 Å². The molecule has 0 aromatic heterocycles. The van der Waals surface area contributed by atoms with E-state index in [1.807, 2.05) is 6.66 Å². The van der Waals surface area contributed by atoms with Gasteiger partial charge in [-0.2, -0.15) is 0 Å². The zero-order chi connectivity index (χ0) is 3.58. The van der Waals surface area contributed by atoms with Crippen molar-refractivity contribution in [1.29, 1.82) is 0 Å². The topological polar surface area (TPSA) is 0 Å². The third kappa shape index (κ3) is 30.4. The zero-order valence-electron chi connectivity index (χ0n) is 2.56. The minimum Gasteiger partial charge on any atom is -0.0691 e.